The summed E-state index contributed by atoms with van der Waals surface area (Å²) in [7, 11) is 2.38. The van der Waals surface area contributed by atoms with Crippen molar-refractivity contribution in [2.24, 2.45) is 10.8 Å². The number of benzene rings is 1. The Morgan fingerprint density at radius 1 is 0.775 bits per heavy atom. The molecule has 1 aromatic rings. The number of aryl methyl sites for hydroxylation is 1. The summed E-state index contributed by atoms with van der Waals surface area (Å²) in [5.74, 6) is -1.20. The van der Waals surface area contributed by atoms with Crippen molar-refractivity contribution in [3.63, 3.8) is 0 Å². The van der Waals surface area contributed by atoms with E-state index in [4.69, 9.17) is 0 Å². The molecule has 0 unspecified atom stereocenters. The standard InChI is InChI=1S/C27H45N5O7.BrH/c1-26(2,3)19(29-24(36)38-7)21(34)31-23(28-16-18(33)15-14-17-12-10-9-11-13-17)32-22(35)20(27(4,5)6)30-25(37)39-8;/h9-13,18-20,23,28,33H,14-16H2,1-8H3,(H,29,36)(H,30,37)(H,31,34)(H,32,35);1H/t18-,19+,20+;/m0./s1. The second kappa shape index (κ2) is 17.0. The molecule has 40 heavy (non-hydrogen) atoms. The largest absolute Gasteiger partial charge is 0.453 e. The lowest BCUT2D eigenvalue weighted by Crippen LogP contribution is -2.65. The molecule has 0 aliphatic rings. The highest BCUT2D eigenvalue weighted by Gasteiger charge is 2.37. The van der Waals surface area contributed by atoms with Gasteiger partial charge in [-0.1, -0.05) is 71.9 Å². The van der Waals surface area contributed by atoms with E-state index < -0.39 is 59.3 Å². The molecule has 6 N–H and O–H groups in total. The van der Waals surface area contributed by atoms with E-state index in [1.165, 1.54) is 14.2 Å². The van der Waals surface area contributed by atoms with Gasteiger partial charge < -0.3 is 35.8 Å². The van der Waals surface area contributed by atoms with Crippen molar-refractivity contribution < 1.29 is 33.8 Å². The van der Waals surface area contributed by atoms with E-state index in [1.807, 2.05) is 30.3 Å². The summed E-state index contributed by atoms with van der Waals surface area (Å²) in [6, 6.07) is 7.65. The number of hydrogen-bond acceptors (Lipinski definition) is 8. The molecule has 0 spiro atoms. The third-order valence-electron chi connectivity index (χ3n) is 5.89. The molecule has 0 fully saturated rings. The van der Waals surface area contributed by atoms with Gasteiger partial charge in [-0.15, -0.1) is 17.0 Å². The van der Waals surface area contributed by atoms with Gasteiger partial charge in [0.05, 0.1) is 20.3 Å². The molecular weight excluding hydrogens is 586 g/mol. The summed E-state index contributed by atoms with van der Waals surface area (Å²) in [5, 5.41) is 23.9. The maximum Gasteiger partial charge on any atom is 0.407 e. The molecule has 1 aromatic carbocycles. The number of alkyl carbamates (subject to hydrolysis) is 2. The summed E-state index contributed by atoms with van der Waals surface area (Å²) in [6.45, 7) is 10.6. The first kappa shape index (κ1) is 37.1. The average molecular weight is 633 g/mol. The molecule has 13 heteroatoms. The van der Waals surface area contributed by atoms with E-state index in [1.54, 1.807) is 41.5 Å². The minimum Gasteiger partial charge on any atom is -0.453 e. The Morgan fingerprint density at radius 2 is 1.20 bits per heavy atom. The van der Waals surface area contributed by atoms with Crippen LogP contribution in [0.4, 0.5) is 9.59 Å². The smallest absolute Gasteiger partial charge is 0.407 e. The lowest BCUT2D eigenvalue weighted by atomic mass is 9.86. The summed E-state index contributed by atoms with van der Waals surface area (Å²) in [6.07, 6.45) is -2.44. The zero-order chi connectivity index (χ0) is 29.8. The third-order valence-corrected chi connectivity index (χ3v) is 5.89. The number of halogens is 1. The molecule has 0 bridgehead atoms. The molecular formula is C27H46BrN5O7. The van der Waals surface area contributed by atoms with E-state index in [0.717, 1.165) is 5.56 Å². The average Bonchev–Trinajstić information content (AvgIpc) is 2.86. The molecule has 0 heterocycles. The number of hydrogen-bond donors (Lipinski definition) is 6. The van der Waals surface area contributed by atoms with Gasteiger partial charge in [-0.2, -0.15) is 0 Å². The van der Waals surface area contributed by atoms with E-state index in [2.05, 4.69) is 36.1 Å². The number of aliphatic hydroxyl groups excluding tert-OH is 1. The summed E-state index contributed by atoms with van der Waals surface area (Å²) in [4.78, 5) is 50.3. The van der Waals surface area contributed by atoms with Crippen molar-refractivity contribution in [2.75, 3.05) is 20.8 Å². The highest BCUT2D eigenvalue weighted by atomic mass is 79.9. The van der Waals surface area contributed by atoms with Gasteiger partial charge >= 0.3 is 12.2 Å². The van der Waals surface area contributed by atoms with E-state index >= 15 is 0 Å². The lowest BCUT2D eigenvalue weighted by Gasteiger charge is -2.34. The van der Waals surface area contributed by atoms with Gasteiger partial charge in [0.1, 0.15) is 12.1 Å². The topological polar surface area (TPSA) is 167 Å². The van der Waals surface area contributed by atoms with Gasteiger partial charge in [0.2, 0.25) is 11.8 Å². The Hall–Kier alpha value is -2.90. The van der Waals surface area contributed by atoms with Crippen LogP contribution in [0.25, 0.3) is 0 Å². The van der Waals surface area contributed by atoms with E-state index in [0.29, 0.717) is 12.8 Å². The molecule has 0 radical (unpaired) electrons. The van der Waals surface area contributed by atoms with Crippen LogP contribution in [-0.4, -0.2) is 74.3 Å². The maximum absolute atomic E-state index is 13.3. The first-order valence-electron chi connectivity index (χ1n) is 12.8. The number of ether oxygens (including phenoxy) is 2. The van der Waals surface area contributed by atoms with Crippen LogP contribution in [0.3, 0.4) is 0 Å². The monoisotopic (exact) mass is 631 g/mol. The lowest BCUT2D eigenvalue weighted by molar-refractivity contribution is -0.129. The van der Waals surface area contributed by atoms with Crippen molar-refractivity contribution in [1.82, 2.24) is 26.6 Å². The van der Waals surface area contributed by atoms with Crippen LogP contribution >= 0.6 is 17.0 Å². The van der Waals surface area contributed by atoms with Gasteiger partial charge in [-0.25, -0.2) is 9.59 Å². The Morgan fingerprint density at radius 3 is 1.57 bits per heavy atom. The van der Waals surface area contributed by atoms with Gasteiger partial charge in [0.15, 0.2) is 6.29 Å². The number of carbonyl (C=O) groups excluding carboxylic acids is 4. The first-order valence-corrected chi connectivity index (χ1v) is 12.8. The molecule has 0 aliphatic heterocycles. The normalized spacial score (nSPS) is 13.7. The molecule has 4 amide bonds. The number of amides is 4. The predicted molar refractivity (Wildman–Crippen MR) is 157 cm³/mol. The zero-order valence-electron chi connectivity index (χ0n) is 24.6. The number of nitrogens with one attached hydrogen (secondary N) is 5. The molecule has 0 aromatic heterocycles. The maximum atomic E-state index is 13.3. The fourth-order valence-electron chi connectivity index (χ4n) is 3.63. The molecule has 1 rings (SSSR count). The minimum absolute atomic E-state index is 0. The van der Waals surface area contributed by atoms with Crippen LogP contribution in [0, 0.1) is 10.8 Å². The molecule has 0 saturated heterocycles. The van der Waals surface area contributed by atoms with Gasteiger partial charge in [0, 0.05) is 6.54 Å². The van der Waals surface area contributed by atoms with Crippen LogP contribution in [0.15, 0.2) is 30.3 Å². The highest BCUT2D eigenvalue weighted by Crippen LogP contribution is 2.21. The Kier molecular flexibility index (Phi) is 15.8. The van der Waals surface area contributed by atoms with Crippen molar-refractivity contribution in [1.29, 1.82) is 0 Å². The molecule has 12 nitrogen and oxygen atoms in total. The Labute approximate surface area is 247 Å². The van der Waals surface area contributed by atoms with Gasteiger partial charge in [-0.05, 0) is 29.2 Å². The molecule has 0 aliphatic carbocycles. The minimum atomic E-state index is -1.15. The molecule has 3 atom stereocenters. The second-order valence-electron chi connectivity index (χ2n) is 11.4. The number of carbonyl (C=O) groups is 4. The Bertz CT molecular complexity index is 901. The van der Waals surface area contributed by atoms with Crippen molar-refractivity contribution >= 4 is 41.0 Å². The fourth-order valence-corrected chi connectivity index (χ4v) is 3.63. The second-order valence-corrected chi connectivity index (χ2v) is 11.4. The number of aliphatic hydroxyl groups is 1. The zero-order valence-corrected chi connectivity index (χ0v) is 26.3. The van der Waals surface area contributed by atoms with Crippen LogP contribution in [-0.2, 0) is 25.5 Å². The molecule has 0 saturated carbocycles. The highest BCUT2D eigenvalue weighted by molar-refractivity contribution is 8.93. The third kappa shape index (κ3) is 13.4. The van der Waals surface area contributed by atoms with Crippen molar-refractivity contribution in [3.05, 3.63) is 35.9 Å². The fraction of sp³-hybridized carbons (Fsp3) is 0.630. The first-order chi connectivity index (χ1) is 18.1. The quantitative estimate of drug-likeness (QED) is 0.191. The van der Waals surface area contributed by atoms with Crippen LogP contribution in [0.2, 0.25) is 0 Å². The van der Waals surface area contributed by atoms with Crippen LogP contribution in [0.1, 0.15) is 53.5 Å². The summed E-state index contributed by atoms with van der Waals surface area (Å²) >= 11 is 0. The molecule has 228 valence electrons. The summed E-state index contributed by atoms with van der Waals surface area (Å²) in [5.41, 5.74) is -0.344. The van der Waals surface area contributed by atoms with Gasteiger partial charge in [-0.3, -0.25) is 14.9 Å². The Balaban J connectivity index is 0.0000152. The summed E-state index contributed by atoms with van der Waals surface area (Å²) < 4.78 is 9.31. The van der Waals surface area contributed by atoms with Crippen LogP contribution in [0.5, 0.6) is 0 Å². The SMILES string of the molecule is Br.COC(=O)N[C@H](C(=O)NC(NC[C@@H](O)CCc1ccccc1)NC(=O)[C@@H](NC(=O)OC)C(C)(C)C)C(C)(C)C. The number of methoxy groups -OCH3 is 2. The number of rotatable bonds is 12. The van der Waals surface area contributed by atoms with Crippen LogP contribution < -0.4 is 26.6 Å². The van der Waals surface area contributed by atoms with Crippen molar-refractivity contribution in [2.45, 2.75) is 78.9 Å². The van der Waals surface area contributed by atoms with Gasteiger partial charge in [0.25, 0.3) is 0 Å². The predicted octanol–water partition coefficient (Wildman–Crippen LogP) is 2.21. The van der Waals surface area contributed by atoms with E-state index in [-0.39, 0.29) is 23.5 Å². The van der Waals surface area contributed by atoms with Crippen molar-refractivity contribution in [3.8, 4) is 0 Å². The van der Waals surface area contributed by atoms with E-state index in [9.17, 15) is 24.3 Å².